The Bertz CT molecular complexity index is 548. The van der Waals surface area contributed by atoms with Crippen LogP contribution in [-0.4, -0.2) is 15.0 Å². The molecule has 0 heterocycles. The summed E-state index contributed by atoms with van der Waals surface area (Å²) in [5.41, 5.74) is 6.02. The fraction of sp³-hybridized carbons (Fsp3) is 0.500. The highest BCUT2D eigenvalue weighted by Crippen LogP contribution is 2.34. The van der Waals surface area contributed by atoms with E-state index < -0.39 is 10.0 Å². The zero-order valence-electron chi connectivity index (χ0n) is 10.3. The van der Waals surface area contributed by atoms with Gasteiger partial charge >= 0.3 is 0 Å². The number of rotatable bonds is 6. The summed E-state index contributed by atoms with van der Waals surface area (Å²) in [5.74, 6) is 0.814. The van der Waals surface area contributed by atoms with Crippen molar-refractivity contribution in [2.45, 2.75) is 30.6 Å². The summed E-state index contributed by atoms with van der Waals surface area (Å²) in [6, 6.07) is 3.26. The van der Waals surface area contributed by atoms with Crippen molar-refractivity contribution in [1.82, 2.24) is 4.72 Å². The van der Waals surface area contributed by atoms with Crippen LogP contribution in [0.3, 0.4) is 0 Å². The van der Waals surface area contributed by atoms with Crippen LogP contribution < -0.4 is 10.5 Å². The molecule has 4 nitrogen and oxygen atoms in total. The number of nitrogen functional groups attached to an aromatic ring is 1. The van der Waals surface area contributed by atoms with Crippen LogP contribution in [0.25, 0.3) is 0 Å². The molecule has 0 unspecified atom stereocenters. The van der Waals surface area contributed by atoms with E-state index in [0.29, 0.717) is 11.0 Å². The molecule has 1 aliphatic carbocycles. The number of hydrogen-bond donors (Lipinski definition) is 2. The average molecular weight is 412 g/mol. The maximum absolute atomic E-state index is 12.2. The molecule has 0 bridgehead atoms. The number of benzene rings is 1. The molecule has 106 valence electrons. The number of hydrogen-bond acceptors (Lipinski definition) is 3. The van der Waals surface area contributed by atoms with Gasteiger partial charge in [-0.25, -0.2) is 13.1 Å². The molecule has 0 radical (unpaired) electrons. The Morgan fingerprint density at radius 2 is 2.00 bits per heavy atom. The molecule has 1 aromatic carbocycles. The fourth-order valence-corrected chi connectivity index (χ4v) is 5.08. The van der Waals surface area contributed by atoms with Gasteiger partial charge in [0.1, 0.15) is 4.90 Å². The number of nitrogens with two attached hydrogens (primary N) is 1. The van der Waals surface area contributed by atoms with E-state index >= 15 is 0 Å². The van der Waals surface area contributed by atoms with Gasteiger partial charge in [0.15, 0.2) is 0 Å². The molecule has 7 heteroatoms. The predicted octanol–water partition coefficient (Wildman–Crippen LogP) is 3.26. The molecule has 19 heavy (non-hydrogen) atoms. The Balaban J connectivity index is 2.05. The average Bonchev–Trinajstić information content (AvgIpc) is 3.06. The van der Waals surface area contributed by atoms with E-state index in [-0.39, 0.29) is 10.6 Å². The van der Waals surface area contributed by atoms with E-state index in [2.05, 4.69) is 36.6 Å². The Hall–Kier alpha value is -0.110. The van der Waals surface area contributed by atoms with Crippen molar-refractivity contribution < 1.29 is 8.42 Å². The summed E-state index contributed by atoms with van der Waals surface area (Å²) in [6.45, 7) is 0.459. The standard InChI is InChI=1S/C12H16Br2N2O2S/c13-9-6-10(14)12(11(15)7-9)19(17,18)16-5-1-2-8-3-4-8/h6-8,16H,1-5,15H2. The molecular weight excluding hydrogens is 396 g/mol. The highest BCUT2D eigenvalue weighted by atomic mass is 79.9. The first-order chi connectivity index (χ1) is 8.90. The van der Waals surface area contributed by atoms with Crippen molar-refractivity contribution in [3.63, 3.8) is 0 Å². The first-order valence-corrected chi connectivity index (χ1v) is 9.21. The normalized spacial score (nSPS) is 15.7. The van der Waals surface area contributed by atoms with Crippen LogP contribution in [0.4, 0.5) is 5.69 Å². The first-order valence-electron chi connectivity index (χ1n) is 6.14. The summed E-state index contributed by atoms with van der Waals surface area (Å²) >= 11 is 6.52. The van der Waals surface area contributed by atoms with Crippen molar-refractivity contribution in [3.8, 4) is 0 Å². The minimum Gasteiger partial charge on any atom is -0.398 e. The van der Waals surface area contributed by atoms with E-state index in [1.165, 1.54) is 12.8 Å². The molecule has 1 aromatic rings. The van der Waals surface area contributed by atoms with E-state index in [1.54, 1.807) is 12.1 Å². The van der Waals surface area contributed by atoms with E-state index in [9.17, 15) is 8.42 Å². The first kappa shape index (κ1) is 15.3. The Kier molecular flexibility index (Phi) is 4.92. The third-order valence-electron chi connectivity index (χ3n) is 3.08. The topological polar surface area (TPSA) is 72.2 Å². The molecule has 0 atom stereocenters. The molecule has 0 aromatic heterocycles. The van der Waals surface area contributed by atoms with Gasteiger partial charge < -0.3 is 5.73 Å². The van der Waals surface area contributed by atoms with E-state index in [0.717, 1.165) is 23.2 Å². The quantitative estimate of drug-likeness (QED) is 0.557. The fourth-order valence-electron chi connectivity index (χ4n) is 1.94. The SMILES string of the molecule is Nc1cc(Br)cc(Br)c1S(=O)(=O)NCCCC1CC1. The molecule has 2 rings (SSSR count). The molecule has 0 saturated heterocycles. The van der Waals surface area contributed by atoms with E-state index in [4.69, 9.17) is 5.73 Å². The van der Waals surface area contributed by atoms with Gasteiger partial charge in [0.2, 0.25) is 10.0 Å². The molecular formula is C12H16Br2N2O2S. The second kappa shape index (κ2) is 6.11. The van der Waals surface area contributed by atoms with Gasteiger partial charge in [-0.15, -0.1) is 0 Å². The van der Waals surface area contributed by atoms with Crippen LogP contribution in [0.15, 0.2) is 26.0 Å². The summed E-state index contributed by atoms with van der Waals surface area (Å²) < 4.78 is 28.2. The lowest BCUT2D eigenvalue weighted by Gasteiger charge is -2.11. The Labute approximate surface area is 130 Å². The smallest absolute Gasteiger partial charge is 0.243 e. The van der Waals surface area contributed by atoms with Crippen LogP contribution in [0.2, 0.25) is 0 Å². The van der Waals surface area contributed by atoms with E-state index in [1.807, 2.05) is 0 Å². The minimum absolute atomic E-state index is 0.113. The summed E-state index contributed by atoms with van der Waals surface area (Å²) in [4.78, 5) is 0.113. The van der Waals surface area contributed by atoms with Crippen LogP contribution in [-0.2, 0) is 10.0 Å². The van der Waals surface area contributed by atoms with Gasteiger partial charge in [-0.1, -0.05) is 28.8 Å². The van der Waals surface area contributed by atoms with Gasteiger partial charge in [0.05, 0.1) is 5.69 Å². The summed E-state index contributed by atoms with van der Waals surface area (Å²) in [6.07, 6.45) is 4.55. The van der Waals surface area contributed by atoms with Crippen LogP contribution in [0.1, 0.15) is 25.7 Å². The molecule has 0 amide bonds. The van der Waals surface area contributed by atoms with Crippen molar-refractivity contribution in [2.24, 2.45) is 5.92 Å². The van der Waals surface area contributed by atoms with Gasteiger partial charge in [-0.2, -0.15) is 0 Å². The van der Waals surface area contributed by atoms with Gasteiger partial charge in [-0.05, 0) is 46.8 Å². The summed E-state index contributed by atoms with van der Waals surface area (Å²) in [5, 5.41) is 0. The largest absolute Gasteiger partial charge is 0.398 e. The minimum atomic E-state index is -3.56. The highest BCUT2D eigenvalue weighted by Gasteiger charge is 2.23. The maximum Gasteiger partial charge on any atom is 0.243 e. The van der Waals surface area contributed by atoms with Gasteiger partial charge in [0, 0.05) is 15.5 Å². The number of sulfonamides is 1. The van der Waals surface area contributed by atoms with Crippen molar-refractivity contribution in [1.29, 1.82) is 0 Å². The van der Waals surface area contributed by atoms with Crippen molar-refractivity contribution in [2.75, 3.05) is 12.3 Å². The molecule has 1 fully saturated rings. The molecule has 0 aliphatic heterocycles. The number of anilines is 1. The molecule has 1 aliphatic rings. The number of halogens is 2. The van der Waals surface area contributed by atoms with Gasteiger partial charge in [-0.3, -0.25) is 0 Å². The van der Waals surface area contributed by atoms with Crippen molar-refractivity contribution >= 4 is 47.6 Å². The predicted molar refractivity (Wildman–Crippen MR) is 83.4 cm³/mol. The molecule has 3 N–H and O–H groups in total. The van der Waals surface area contributed by atoms with Crippen LogP contribution >= 0.6 is 31.9 Å². The summed E-state index contributed by atoms with van der Waals surface area (Å²) in [7, 11) is -3.56. The lowest BCUT2D eigenvalue weighted by atomic mass is 10.2. The second-order valence-electron chi connectivity index (χ2n) is 4.79. The monoisotopic (exact) mass is 410 g/mol. The third-order valence-corrected chi connectivity index (χ3v) is 6.01. The Morgan fingerprint density at radius 1 is 1.32 bits per heavy atom. The lowest BCUT2D eigenvalue weighted by molar-refractivity contribution is 0.572. The maximum atomic E-state index is 12.2. The highest BCUT2D eigenvalue weighted by molar-refractivity contribution is 9.11. The zero-order chi connectivity index (χ0) is 14.0. The third kappa shape index (κ3) is 4.18. The van der Waals surface area contributed by atoms with Crippen LogP contribution in [0, 0.1) is 5.92 Å². The lowest BCUT2D eigenvalue weighted by Crippen LogP contribution is -2.26. The zero-order valence-corrected chi connectivity index (χ0v) is 14.3. The Morgan fingerprint density at radius 3 is 2.58 bits per heavy atom. The molecule has 0 spiro atoms. The number of nitrogens with one attached hydrogen (secondary N) is 1. The second-order valence-corrected chi connectivity index (χ2v) is 8.26. The van der Waals surface area contributed by atoms with Crippen LogP contribution in [0.5, 0.6) is 0 Å². The molecule has 1 saturated carbocycles. The van der Waals surface area contributed by atoms with Crippen molar-refractivity contribution in [3.05, 3.63) is 21.1 Å². The van der Waals surface area contributed by atoms with Gasteiger partial charge in [0.25, 0.3) is 0 Å².